The molecule has 1 aliphatic carbocycles. The first-order chi connectivity index (χ1) is 14.1. The van der Waals surface area contributed by atoms with Crippen molar-refractivity contribution in [2.75, 3.05) is 26.5 Å². The number of benzene rings is 1. The second-order valence-corrected chi connectivity index (χ2v) is 8.20. The van der Waals surface area contributed by atoms with Crippen molar-refractivity contribution < 1.29 is 19.0 Å². The number of nitrogens with zero attached hydrogens (tertiary/aromatic N) is 1. The summed E-state index contributed by atoms with van der Waals surface area (Å²) in [5, 5.41) is 0. The second kappa shape index (κ2) is 7.35. The van der Waals surface area contributed by atoms with Gasteiger partial charge >= 0.3 is 0 Å². The summed E-state index contributed by atoms with van der Waals surface area (Å²) in [5.41, 5.74) is 9.20. The monoisotopic (exact) mass is 394 g/mol. The maximum absolute atomic E-state index is 12.9. The van der Waals surface area contributed by atoms with Crippen molar-refractivity contribution in [3.05, 3.63) is 65.0 Å². The van der Waals surface area contributed by atoms with Crippen LogP contribution in [0.3, 0.4) is 0 Å². The second-order valence-electron chi connectivity index (χ2n) is 8.20. The Hall–Kier alpha value is -2.57. The molecule has 1 spiro atoms. The molecule has 1 unspecified atom stereocenters. The van der Waals surface area contributed by atoms with E-state index >= 15 is 0 Å². The molecule has 5 rings (SSSR count). The number of nitrogens with two attached hydrogens (primary N) is 1. The highest BCUT2D eigenvalue weighted by molar-refractivity contribution is 5.79. The van der Waals surface area contributed by atoms with Gasteiger partial charge in [0.05, 0.1) is 13.0 Å². The lowest BCUT2D eigenvalue weighted by atomic mass is 9.74. The average molecular weight is 394 g/mol. The van der Waals surface area contributed by atoms with Gasteiger partial charge in [0, 0.05) is 30.6 Å². The first-order valence-corrected chi connectivity index (χ1v) is 10.2. The van der Waals surface area contributed by atoms with Crippen molar-refractivity contribution >= 4 is 5.91 Å². The normalized spacial score (nSPS) is 24.2. The first-order valence-electron chi connectivity index (χ1n) is 10.2. The zero-order chi connectivity index (χ0) is 19.8. The predicted molar refractivity (Wildman–Crippen MR) is 108 cm³/mol. The van der Waals surface area contributed by atoms with Gasteiger partial charge in [0.25, 0.3) is 0 Å². The molecule has 3 aliphatic heterocycles. The number of hydrogen-bond donors (Lipinski definition) is 1. The van der Waals surface area contributed by atoms with Crippen molar-refractivity contribution in [1.29, 1.82) is 0 Å². The summed E-state index contributed by atoms with van der Waals surface area (Å²) in [4.78, 5) is 14.9. The topological polar surface area (TPSA) is 74.0 Å². The van der Waals surface area contributed by atoms with Crippen LogP contribution in [0.5, 0.6) is 5.75 Å². The molecule has 1 amide bonds. The Morgan fingerprint density at radius 1 is 1.17 bits per heavy atom. The molecule has 2 bridgehead atoms. The van der Waals surface area contributed by atoms with Gasteiger partial charge in [-0.3, -0.25) is 4.79 Å². The first kappa shape index (κ1) is 18.5. The minimum atomic E-state index is -0.120. The minimum absolute atomic E-state index is 0.00658. The Labute approximate surface area is 170 Å². The maximum atomic E-state index is 12.9. The molecule has 2 N–H and O–H groups in total. The molecule has 0 radical (unpaired) electrons. The lowest BCUT2D eigenvalue weighted by Gasteiger charge is -2.38. The van der Waals surface area contributed by atoms with Crippen LogP contribution in [0.25, 0.3) is 0 Å². The Kier molecular flexibility index (Phi) is 4.68. The van der Waals surface area contributed by atoms with Crippen molar-refractivity contribution in [2.45, 2.75) is 37.3 Å². The molecule has 152 valence electrons. The van der Waals surface area contributed by atoms with Crippen molar-refractivity contribution in [3.8, 4) is 5.75 Å². The van der Waals surface area contributed by atoms with E-state index in [2.05, 4.69) is 6.07 Å². The van der Waals surface area contributed by atoms with Gasteiger partial charge < -0.3 is 24.8 Å². The SMILES string of the molecule is NCc1ccc2c(c1)C1(CCN(C(=O)CC3=CC4C=C(C=C3)OCO4)CC1)CO2. The minimum Gasteiger partial charge on any atom is -0.492 e. The van der Waals surface area contributed by atoms with Crippen molar-refractivity contribution in [3.63, 3.8) is 0 Å². The lowest BCUT2D eigenvalue weighted by molar-refractivity contribution is -0.132. The van der Waals surface area contributed by atoms with E-state index in [1.54, 1.807) is 0 Å². The molecule has 1 atom stereocenters. The van der Waals surface area contributed by atoms with Gasteiger partial charge in [0.1, 0.15) is 17.6 Å². The molecule has 4 aliphatic rings. The molecule has 6 nitrogen and oxygen atoms in total. The fourth-order valence-electron chi connectivity index (χ4n) is 4.63. The summed E-state index contributed by atoms with van der Waals surface area (Å²) in [5.74, 6) is 1.93. The predicted octanol–water partition coefficient (Wildman–Crippen LogP) is 2.54. The van der Waals surface area contributed by atoms with Gasteiger partial charge in [-0.05, 0) is 48.3 Å². The Bertz CT molecular complexity index is 909. The number of allylic oxidation sites excluding steroid dienone is 2. The molecule has 1 aromatic carbocycles. The number of piperidine rings is 1. The van der Waals surface area contributed by atoms with Crippen LogP contribution in [0, 0.1) is 0 Å². The van der Waals surface area contributed by atoms with Gasteiger partial charge in [0.15, 0.2) is 6.79 Å². The maximum Gasteiger partial charge on any atom is 0.226 e. The summed E-state index contributed by atoms with van der Waals surface area (Å²) < 4.78 is 16.9. The molecule has 29 heavy (non-hydrogen) atoms. The number of ether oxygens (including phenoxy) is 3. The highest BCUT2D eigenvalue weighted by atomic mass is 16.7. The smallest absolute Gasteiger partial charge is 0.226 e. The van der Waals surface area contributed by atoms with Crippen LogP contribution in [0.15, 0.2) is 53.8 Å². The molecule has 0 saturated carbocycles. The van der Waals surface area contributed by atoms with E-state index < -0.39 is 0 Å². The fraction of sp³-hybridized carbons (Fsp3) is 0.435. The average Bonchev–Trinajstić information content (AvgIpc) is 3.02. The van der Waals surface area contributed by atoms with Crippen molar-refractivity contribution in [1.82, 2.24) is 4.90 Å². The van der Waals surface area contributed by atoms with E-state index in [9.17, 15) is 4.79 Å². The third kappa shape index (κ3) is 3.47. The molecule has 1 fully saturated rings. The number of rotatable bonds is 3. The molecule has 1 saturated heterocycles. The van der Waals surface area contributed by atoms with Gasteiger partial charge in [0.2, 0.25) is 5.91 Å². The van der Waals surface area contributed by atoms with E-state index in [0.717, 1.165) is 48.6 Å². The Morgan fingerprint density at radius 3 is 2.86 bits per heavy atom. The highest BCUT2D eigenvalue weighted by Crippen LogP contribution is 2.46. The molecular formula is C23H26N2O4. The summed E-state index contributed by atoms with van der Waals surface area (Å²) in [7, 11) is 0. The zero-order valence-electron chi connectivity index (χ0n) is 16.4. The van der Waals surface area contributed by atoms with Crippen LogP contribution in [0.4, 0.5) is 0 Å². The zero-order valence-corrected chi connectivity index (χ0v) is 16.4. The van der Waals surface area contributed by atoms with Crippen LogP contribution in [0.1, 0.15) is 30.4 Å². The van der Waals surface area contributed by atoms with Crippen molar-refractivity contribution in [2.24, 2.45) is 5.73 Å². The van der Waals surface area contributed by atoms with Crippen LogP contribution < -0.4 is 10.5 Å². The molecule has 6 heteroatoms. The Balaban J connectivity index is 1.25. The molecule has 3 heterocycles. The number of carbonyl (C=O) groups is 1. The van der Waals surface area contributed by atoms with E-state index in [1.807, 2.05) is 41.3 Å². The van der Waals surface area contributed by atoms with Crippen LogP contribution >= 0.6 is 0 Å². The highest BCUT2D eigenvalue weighted by Gasteiger charge is 2.43. The quantitative estimate of drug-likeness (QED) is 0.853. The third-order valence-corrected chi connectivity index (χ3v) is 6.44. The van der Waals surface area contributed by atoms with Gasteiger partial charge in [-0.15, -0.1) is 0 Å². The number of amides is 1. The van der Waals surface area contributed by atoms with Crippen LogP contribution in [-0.4, -0.2) is 43.4 Å². The molecule has 1 aromatic rings. The summed E-state index contributed by atoms with van der Waals surface area (Å²) >= 11 is 0. The van der Waals surface area contributed by atoms with Gasteiger partial charge in [-0.2, -0.15) is 0 Å². The number of hydrogen-bond acceptors (Lipinski definition) is 5. The summed E-state index contributed by atoms with van der Waals surface area (Å²) in [6.45, 7) is 2.97. The van der Waals surface area contributed by atoms with E-state index in [4.69, 9.17) is 19.9 Å². The summed E-state index contributed by atoms with van der Waals surface area (Å²) in [6, 6.07) is 6.25. The number of carbonyl (C=O) groups excluding carboxylic acids is 1. The lowest BCUT2D eigenvalue weighted by Crippen LogP contribution is -2.46. The number of likely N-dealkylation sites (tertiary alicyclic amines) is 1. The van der Waals surface area contributed by atoms with Gasteiger partial charge in [-0.1, -0.05) is 18.2 Å². The van der Waals surface area contributed by atoms with Crippen LogP contribution in [-0.2, 0) is 26.2 Å². The largest absolute Gasteiger partial charge is 0.492 e. The van der Waals surface area contributed by atoms with E-state index in [1.165, 1.54) is 5.56 Å². The molecular weight excluding hydrogens is 368 g/mol. The third-order valence-electron chi connectivity index (χ3n) is 6.44. The van der Waals surface area contributed by atoms with E-state index in [0.29, 0.717) is 19.6 Å². The molecule has 0 aromatic heterocycles. The van der Waals surface area contributed by atoms with Crippen LogP contribution in [0.2, 0.25) is 0 Å². The fourth-order valence-corrected chi connectivity index (χ4v) is 4.63. The Morgan fingerprint density at radius 2 is 2.03 bits per heavy atom. The standard InChI is InChI=1S/C23H26N2O4/c24-13-17-2-4-21-20(10-17)23(14-27-21)5-7-25(8-6-23)22(26)11-16-1-3-18-12-19(9-16)29-15-28-18/h1-4,9-10,12,19H,5-8,11,13-15,24H2. The van der Waals surface area contributed by atoms with Gasteiger partial charge in [-0.25, -0.2) is 0 Å². The summed E-state index contributed by atoms with van der Waals surface area (Å²) in [6.07, 6.45) is 9.90. The van der Waals surface area contributed by atoms with E-state index in [-0.39, 0.29) is 24.2 Å². The number of fused-ring (bicyclic) bond motifs is 3.